The lowest BCUT2D eigenvalue weighted by Crippen LogP contribution is -2.54. The molecule has 2 atom stereocenters. The van der Waals surface area contributed by atoms with Crippen LogP contribution in [0.4, 0.5) is 4.79 Å². The highest BCUT2D eigenvalue weighted by molar-refractivity contribution is 5.92. The summed E-state index contributed by atoms with van der Waals surface area (Å²) in [4.78, 5) is 43.0. The van der Waals surface area contributed by atoms with Crippen LogP contribution in [0.15, 0.2) is 42.5 Å². The summed E-state index contributed by atoms with van der Waals surface area (Å²) in [5.74, 6) is -0.490. The van der Waals surface area contributed by atoms with Crippen molar-refractivity contribution in [2.45, 2.75) is 111 Å². The largest absolute Gasteiger partial charge is 0.508 e. The molecule has 2 aromatic rings. The predicted octanol–water partition coefficient (Wildman–Crippen LogP) is 6.51. The van der Waals surface area contributed by atoms with Gasteiger partial charge < -0.3 is 25.4 Å². The van der Waals surface area contributed by atoms with Crippen LogP contribution in [0.25, 0.3) is 0 Å². The third-order valence-corrected chi connectivity index (χ3v) is 6.85. The van der Waals surface area contributed by atoms with Gasteiger partial charge in [-0.1, -0.05) is 81.0 Å². The van der Waals surface area contributed by atoms with E-state index in [1.807, 2.05) is 32.0 Å². The number of hydrogen-bond acceptors (Lipinski definition) is 5. The molecule has 0 fully saturated rings. The van der Waals surface area contributed by atoms with Crippen LogP contribution in [-0.2, 0) is 20.7 Å². The molecule has 2 aromatic carbocycles. The van der Waals surface area contributed by atoms with E-state index in [0.29, 0.717) is 13.1 Å². The average molecular weight is 582 g/mol. The van der Waals surface area contributed by atoms with Crippen LogP contribution in [0.3, 0.4) is 0 Å². The van der Waals surface area contributed by atoms with Gasteiger partial charge in [-0.05, 0) is 70.7 Å². The fourth-order valence-corrected chi connectivity index (χ4v) is 4.92. The number of aromatic hydroxyl groups is 1. The number of ether oxygens (including phenoxy) is 1. The van der Waals surface area contributed by atoms with Gasteiger partial charge in [-0.3, -0.25) is 9.59 Å². The van der Waals surface area contributed by atoms with Gasteiger partial charge in [0.25, 0.3) is 0 Å². The van der Waals surface area contributed by atoms with Crippen LogP contribution in [-0.4, -0.2) is 52.6 Å². The van der Waals surface area contributed by atoms with Gasteiger partial charge in [0.1, 0.15) is 23.4 Å². The van der Waals surface area contributed by atoms with Crippen molar-refractivity contribution in [3.05, 3.63) is 64.7 Å². The predicted molar refractivity (Wildman–Crippen MR) is 167 cm³/mol. The summed E-state index contributed by atoms with van der Waals surface area (Å²) in [5.41, 5.74) is 2.75. The van der Waals surface area contributed by atoms with Crippen LogP contribution >= 0.6 is 0 Å². The third-order valence-electron chi connectivity index (χ3n) is 6.85. The summed E-state index contributed by atoms with van der Waals surface area (Å²) in [6, 6.07) is 10.6. The number of rotatable bonds is 15. The smallest absolute Gasteiger partial charge is 0.408 e. The van der Waals surface area contributed by atoms with E-state index in [4.69, 9.17) is 4.74 Å². The Bertz CT molecular complexity index is 1140. The number of nitrogens with one attached hydrogen (secondary N) is 2. The Balaban J connectivity index is 2.58. The monoisotopic (exact) mass is 581 g/mol. The zero-order chi connectivity index (χ0) is 31.3. The van der Waals surface area contributed by atoms with E-state index in [1.54, 1.807) is 49.9 Å². The molecule has 0 radical (unpaired) electrons. The zero-order valence-electron chi connectivity index (χ0n) is 26.6. The van der Waals surface area contributed by atoms with E-state index in [2.05, 4.69) is 24.5 Å². The molecule has 0 heterocycles. The third kappa shape index (κ3) is 11.7. The number of hydrogen-bond donors (Lipinski definition) is 3. The van der Waals surface area contributed by atoms with Crippen molar-refractivity contribution in [2.24, 2.45) is 0 Å². The minimum Gasteiger partial charge on any atom is -0.508 e. The van der Waals surface area contributed by atoms with Crippen molar-refractivity contribution in [2.75, 3.05) is 13.1 Å². The summed E-state index contributed by atoms with van der Waals surface area (Å²) in [6.07, 6.45) is 4.92. The summed E-state index contributed by atoms with van der Waals surface area (Å²) in [5, 5.41) is 15.6. The highest BCUT2D eigenvalue weighted by Gasteiger charge is 2.36. The van der Waals surface area contributed by atoms with E-state index >= 15 is 0 Å². The van der Waals surface area contributed by atoms with Gasteiger partial charge in [0.2, 0.25) is 11.8 Å². The molecule has 0 spiro atoms. The lowest BCUT2D eigenvalue weighted by molar-refractivity contribution is -0.142. The van der Waals surface area contributed by atoms with Crippen molar-refractivity contribution < 1.29 is 24.2 Å². The second-order valence-corrected chi connectivity index (χ2v) is 12.1. The van der Waals surface area contributed by atoms with E-state index < -0.39 is 23.8 Å². The summed E-state index contributed by atoms with van der Waals surface area (Å²) >= 11 is 0. The molecule has 42 heavy (non-hydrogen) atoms. The number of unbranched alkanes of at least 4 members (excludes halogenated alkanes) is 4. The molecule has 2 rings (SSSR count). The molecule has 0 aliphatic rings. The quantitative estimate of drug-likeness (QED) is 0.208. The molecule has 8 nitrogen and oxygen atoms in total. The molecular weight excluding hydrogens is 530 g/mol. The summed E-state index contributed by atoms with van der Waals surface area (Å²) in [6.45, 7) is 14.3. The van der Waals surface area contributed by atoms with Gasteiger partial charge >= 0.3 is 6.09 Å². The molecule has 8 heteroatoms. The van der Waals surface area contributed by atoms with E-state index in [0.717, 1.165) is 60.8 Å². The van der Waals surface area contributed by atoms with Gasteiger partial charge in [-0.25, -0.2) is 4.79 Å². The zero-order valence-corrected chi connectivity index (χ0v) is 26.6. The standard InChI is InChI=1S/C34H51N3O5/c1-8-10-12-13-19-37(30(31(39)35-18-11-9-2)27-21-24(3)20-25(4)22-27)32(40)29(36-33(41)42-34(5,6)7)23-26-14-16-28(38)17-15-26/h14-17,20-22,29-30,38H,8-13,18-19,23H2,1-7H3,(H,35,39)(H,36,41). The van der Waals surface area contributed by atoms with Crippen LogP contribution in [0.5, 0.6) is 5.75 Å². The van der Waals surface area contributed by atoms with E-state index in [-0.39, 0.29) is 24.0 Å². The van der Waals surface area contributed by atoms with Crippen molar-refractivity contribution >= 4 is 17.9 Å². The first-order valence-electron chi connectivity index (χ1n) is 15.3. The number of carbonyl (C=O) groups is 3. The van der Waals surface area contributed by atoms with Crippen molar-refractivity contribution in [1.29, 1.82) is 0 Å². The number of nitrogens with zero attached hydrogens (tertiary/aromatic N) is 1. The van der Waals surface area contributed by atoms with Crippen LogP contribution in [0, 0.1) is 13.8 Å². The van der Waals surface area contributed by atoms with Gasteiger partial charge in [-0.15, -0.1) is 0 Å². The second-order valence-electron chi connectivity index (χ2n) is 12.1. The Kier molecular flexibility index (Phi) is 13.8. The Morgan fingerprint density at radius 3 is 2.10 bits per heavy atom. The number of phenolic OH excluding ortho intramolecular Hbond substituents is 1. The molecule has 0 aromatic heterocycles. The number of amides is 3. The fraction of sp³-hybridized carbons (Fsp3) is 0.559. The molecule has 0 saturated carbocycles. The molecule has 0 aliphatic carbocycles. The maximum atomic E-state index is 14.5. The lowest BCUT2D eigenvalue weighted by atomic mass is 9.97. The van der Waals surface area contributed by atoms with Crippen molar-refractivity contribution in [3.8, 4) is 5.75 Å². The lowest BCUT2D eigenvalue weighted by Gasteiger charge is -2.35. The van der Waals surface area contributed by atoms with E-state index in [1.165, 1.54) is 0 Å². The molecule has 0 bridgehead atoms. The van der Waals surface area contributed by atoms with Crippen molar-refractivity contribution in [3.63, 3.8) is 0 Å². The Morgan fingerprint density at radius 2 is 1.52 bits per heavy atom. The molecule has 2 unspecified atom stereocenters. The topological polar surface area (TPSA) is 108 Å². The van der Waals surface area contributed by atoms with Crippen LogP contribution < -0.4 is 10.6 Å². The van der Waals surface area contributed by atoms with Gasteiger partial charge in [0.05, 0.1) is 0 Å². The van der Waals surface area contributed by atoms with Crippen LogP contribution in [0.2, 0.25) is 0 Å². The molecule has 3 N–H and O–H groups in total. The first-order chi connectivity index (χ1) is 19.8. The number of benzene rings is 2. The Hall–Kier alpha value is -3.55. The fourth-order valence-electron chi connectivity index (χ4n) is 4.92. The first kappa shape index (κ1) is 34.7. The number of alkyl carbamates (subject to hydrolysis) is 1. The molecule has 0 aliphatic heterocycles. The maximum absolute atomic E-state index is 14.5. The van der Waals surface area contributed by atoms with Gasteiger partial charge in [-0.2, -0.15) is 0 Å². The highest BCUT2D eigenvalue weighted by Crippen LogP contribution is 2.26. The summed E-state index contributed by atoms with van der Waals surface area (Å²) in [7, 11) is 0. The second kappa shape index (κ2) is 16.8. The molecule has 0 saturated heterocycles. The van der Waals surface area contributed by atoms with Gasteiger partial charge in [0, 0.05) is 19.5 Å². The van der Waals surface area contributed by atoms with Gasteiger partial charge in [0.15, 0.2) is 0 Å². The Morgan fingerprint density at radius 1 is 0.905 bits per heavy atom. The molecule has 3 amide bonds. The van der Waals surface area contributed by atoms with Crippen molar-refractivity contribution in [1.82, 2.24) is 15.5 Å². The number of carbonyl (C=O) groups excluding carboxylic acids is 3. The SMILES string of the molecule is CCCCCCN(C(=O)C(Cc1ccc(O)cc1)NC(=O)OC(C)(C)C)C(C(=O)NCCCC)c1cc(C)cc(C)c1. The summed E-state index contributed by atoms with van der Waals surface area (Å²) < 4.78 is 5.52. The van der Waals surface area contributed by atoms with E-state index in [9.17, 15) is 19.5 Å². The highest BCUT2D eigenvalue weighted by atomic mass is 16.6. The first-order valence-corrected chi connectivity index (χ1v) is 15.3. The number of aryl methyl sites for hydroxylation is 2. The Labute approximate surface area is 252 Å². The normalized spacial score (nSPS) is 12.7. The minimum atomic E-state index is -0.993. The van der Waals surface area contributed by atoms with Crippen LogP contribution in [0.1, 0.15) is 101 Å². The molecule has 232 valence electrons. The average Bonchev–Trinajstić information content (AvgIpc) is 2.89. The maximum Gasteiger partial charge on any atom is 0.408 e. The number of phenols is 1. The minimum absolute atomic E-state index is 0.109. The molecular formula is C34H51N3O5.